The van der Waals surface area contributed by atoms with Crippen molar-refractivity contribution in [2.45, 2.75) is 58.2 Å². The molecule has 2 aromatic rings. The molecular weight excluding hydrogens is 402 g/mol. The lowest BCUT2D eigenvalue weighted by molar-refractivity contribution is -0.123. The fourth-order valence-corrected chi connectivity index (χ4v) is 4.93. The molecule has 2 fully saturated rings. The van der Waals surface area contributed by atoms with Gasteiger partial charge in [-0.15, -0.1) is 0 Å². The number of hydrogen-bond donors (Lipinski definition) is 1. The summed E-state index contributed by atoms with van der Waals surface area (Å²) >= 11 is 0. The van der Waals surface area contributed by atoms with Crippen molar-refractivity contribution in [2.24, 2.45) is 5.92 Å². The predicted molar refractivity (Wildman–Crippen MR) is 127 cm³/mol. The fourth-order valence-electron chi connectivity index (χ4n) is 4.93. The van der Waals surface area contributed by atoms with Gasteiger partial charge in [0.05, 0.1) is 11.9 Å². The maximum Gasteiger partial charge on any atom is 0.268 e. The maximum absolute atomic E-state index is 12.7. The van der Waals surface area contributed by atoms with Crippen LogP contribution in [0.4, 0.5) is 5.69 Å². The van der Waals surface area contributed by atoms with Gasteiger partial charge in [0.1, 0.15) is 0 Å². The fraction of sp³-hybridized carbons (Fsp3) is 0.560. The molecule has 0 saturated carbocycles. The summed E-state index contributed by atoms with van der Waals surface area (Å²) in [6.45, 7) is 7.23. The van der Waals surface area contributed by atoms with Gasteiger partial charge < -0.3 is 10.2 Å². The molecule has 0 aliphatic carbocycles. The largest absolute Gasteiger partial charge is 0.370 e. The topological polar surface area (TPSA) is 70.5 Å². The number of carbonyl (C=O) groups excluding carboxylic acids is 1. The third-order valence-electron chi connectivity index (χ3n) is 6.71. The summed E-state index contributed by atoms with van der Waals surface area (Å²) in [4.78, 5) is 29.5. The number of likely N-dealkylation sites (tertiary alicyclic amines) is 1. The predicted octanol–water partition coefficient (Wildman–Crippen LogP) is 2.65. The highest BCUT2D eigenvalue weighted by Gasteiger charge is 2.25. The molecule has 2 aliphatic heterocycles. The van der Waals surface area contributed by atoms with Crippen molar-refractivity contribution >= 4 is 11.6 Å². The molecule has 1 aromatic heterocycles. The first-order valence-electron chi connectivity index (χ1n) is 12.0. The third-order valence-corrected chi connectivity index (χ3v) is 6.71. The van der Waals surface area contributed by atoms with Crippen LogP contribution < -0.4 is 15.8 Å². The molecule has 0 spiro atoms. The van der Waals surface area contributed by atoms with E-state index >= 15 is 0 Å². The van der Waals surface area contributed by atoms with E-state index in [1.807, 2.05) is 6.92 Å². The smallest absolute Gasteiger partial charge is 0.268 e. The number of carbonyl (C=O) groups is 1. The third kappa shape index (κ3) is 5.97. The van der Waals surface area contributed by atoms with E-state index in [-0.39, 0.29) is 17.5 Å². The van der Waals surface area contributed by atoms with Crippen molar-refractivity contribution in [3.05, 3.63) is 58.5 Å². The number of nitrogens with zero attached hydrogens (tertiary/aromatic N) is 4. The van der Waals surface area contributed by atoms with Crippen LogP contribution in [0.5, 0.6) is 0 Å². The van der Waals surface area contributed by atoms with Crippen molar-refractivity contribution in [2.75, 3.05) is 31.1 Å². The second kappa shape index (κ2) is 10.8. The second-order valence-electron chi connectivity index (χ2n) is 9.13. The Morgan fingerprint density at radius 2 is 1.91 bits per heavy atom. The van der Waals surface area contributed by atoms with Crippen LogP contribution in [0.1, 0.15) is 44.6 Å². The molecule has 7 nitrogen and oxygen atoms in total. The van der Waals surface area contributed by atoms with Crippen LogP contribution in [0.2, 0.25) is 0 Å². The highest BCUT2D eigenvalue weighted by Crippen LogP contribution is 2.24. The number of hydrogen-bond acceptors (Lipinski definition) is 5. The first-order valence-corrected chi connectivity index (χ1v) is 12.0. The minimum absolute atomic E-state index is 0.0662. The van der Waals surface area contributed by atoms with E-state index in [2.05, 4.69) is 50.5 Å². The van der Waals surface area contributed by atoms with Crippen molar-refractivity contribution in [1.29, 1.82) is 0 Å². The molecule has 7 heteroatoms. The van der Waals surface area contributed by atoms with Gasteiger partial charge in [-0.25, -0.2) is 4.68 Å². The highest BCUT2D eigenvalue weighted by atomic mass is 16.1. The molecule has 1 aromatic carbocycles. The lowest BCUT2D eigenvalue weighted by atomic mass is 9.93. The number of benzene rings is 1. The van der Waals surface area contributed by atoms with E-state index in [4.69, 9.17) is 0 Å². The number of amides is 1. The standard InChI is InChI=1S/C25H35N5O2/c1-2-30-25(32)16-23(17-26-30)29-12-6-9-21(19-29)15-24(31)27-22-10-13-28(14-11-22)18-20-7-4-3-5-8-20/h3-5,7-8,16-17,21-22H,2,6,9-15,18-19H2,1H3,(H,27,31). The highest BCUT2D eigenvalue weighted by molar-refractivity contribution is 5.76. The average molecular weight is 438 g/mol. The Bertz CT molecular complexity index is 937. The van der Waals surface area contributed by atoms with Crippen LogP contribution in [0.25, 0.3) is 0 Å². The molecule has 2 aliphatic rings. The zero-order valence-corrected chi connectivity index (χ0v) is 19.1. The van der Waals surface area contributed by atoms with Gasteiger partial charge in [0, 0.05) is 57.8 Å². The van der Waals surface area contributed by atoms with Gasteiger partial charge >= 0.3 is 0 Å². The molecule has 0 bridgehead atoms. The monoisotopic (exact) mass is 437 g/mol. The Hall–Kier alpha value is -2.67. The molecule has 3 heterocycles. The maximum atomic E-state index is 12.7. The summed E-state index contributed by atoms with van der Waals surface area (Å²) < 4.78 is 1.46. The number of aryl methyl sites for hydroxylation is 1. The summed E-state index contributed by atoms with van der Waals surface area (Å²) in [5.74, 6) is 0.480. The minimum Gasteiger partial charge on any atom is -0.370 e. The van der Waals surface area contributed by atoms with Crippen LogP contribution in [0.15, 0.2) is 47.4 Å². The molecular formula is C25H35N5O2. The number of aromatic nitrogens is 2. The first-order chi connectivity index (χ1) is 15.6. The van der Waals surface area contributed by atoms with E-state index in [0.717, 1.165) is 64.1 Å². The van der Waals surface area contributed by atoms with Crippen LogP contribution in [-0.2, 0) is 17.9 Å². The molecule has 0 radical (unpaired) electrons. The zero-order chi connectivity index (χ0) is 22.3. The van der Waals surface area contributed by atoms with Gasteiger partial charge in [-0.1, -0.05) is 30.3 Å². The summed E-state index contributed by atoms with van der Waals surface area (Å²) in [5, 5.41) is 7.53. The Morgan fingerprint density at radius 3 is 2.62 bits per heavy atom. The van der Waals surface area contributed by atoms with Gasteiger partial charge in [-0.3, -0.25) is 14.5 Å². The number of rotatable bonds is 7. The second-order valence-corrected chi connectivity index (χ2v) is 9.13. The van der Waals surface area contributed by atoms with Crippen LogP contribution in [0, 0.1) is 5.92 Å². The van der Waals surface area contributed by atoms with E-state index in [0.29, 0.717) is 18.9 Å². The molecule has 1 atom stereocenters. The lowest BCUT2D eigenvalue weighted by Crippen LogP contribution is -2.45. The van der Waals surface area contributed by atoms with E-state index < -0.39 is 0 Å². The number of piperidine rings is 2. The first kappa shape index (κ1) is 22.5. The molecule has 2 saturated heterocycles. The molecule has 4 rings (SSSR count). The SMILES string of the molecule is CCn1ncc(N2CCCC(CC(=O)NC3CCN(Cc4ccccc4)CC3)C2)cc1=O. The average Bonchev–Trinajstić information content (AvgIpc) is 2.81. The van der Waals surface area contributed by atoms with Gasteiger partial charge in [0.25, 0.3) is 5.56 Å². The molecule has 1 amide bonds. The number of anilines is 1. The van der Waals surface area contributed by atoms with Gasteiger partial charge in [-0.2, -0.15) is 5.10 Å². The quantitative estimate of drug-likeness (QED) is 0.721. The zero-order valence-electron chi connectivity index (χ0n) is 19.1. The molecule has 1 N–H and O–H groups in total. The van der Waals surface area contributed by atoms with Crippen LogP contribution in [-0.4, -0.2) is 52.8 Å². The van der Waals surface area contributed by atoms with Crippen LogP contribution >= 0.6 is 0 Å². The van der Waals surface area contributed by atoms with Crippen LogP contribution in [0.3, 0.4) is 0 Å². The summed E-state index contributed by atoms with van der Waals surface area (Å²) in [5.41, 5.74) is 2.15. The van der Waals surface area contributed by atoms with E-state index in [1.54, 1.807) is 12.3 Å². The van der Waals surface area contributed by atoms with Gasteiger partial charge in [0.2, 0.25) is 5.91 Å². The Labute approximate surface area is 190 Å². The minimum atomic E-state index is -0.0662. The van der Waals surface area contributed by atoms with E-state index in [9.17, 15) is 9.59 Å². The van der Waals surface area contributed by atoms with Crippen molar-refractivity contribution in [3.63, 3.8) is 0 Å². The normalized spacial score (nSPS) is 20.3. The van der Waals surface area contributed by atoms with Gasteiger partial charge in [0.15, 0.2) is 0 Å². The summed E-state index contributed by atoms with van der Waals surface area (Å²) in [6, 6.07) is 12.5. The summed E-state index contributed by atoms with van der Waals surface area (Å²) in [6.07, 6.45) is 6.44. The van der Waals surface area contributed by atoms with Crippen molar-refractivity contribution < 1.29 is 4.79 Å². The number of nitrogens with one attached hydrogen (secondary N) is 1. The Morgan fingerprint density at radius 1 is 1.12 bits per heavy atom. The molecule has 32 heavy (non-hydrogen) atoms. The van der Waals surface area contributed by atoms with Gasteiger partial charge in [-0.05, 0) is 44.1 Å². The Kier molecular flexibility index (Phi) is 7.58. The van der Waals surface area contributed by atoms with Crippen molar-refractivity contribution in [3.8, 4) is 0 Å². The molecule has 1 unspecified atom stereocenters. The Balaban J connectivity index is 1.22. The summed E-state index contributed by atoms with van der Waals surface area (Å²) in [7, 11) is 0. The lowest BCUT2D eigenvalue weighted by Gasteiger charge is -2.35. The van der Waals surface area contributed by atoms with E-state index in [1.165, 1.54) is 10.2 Å². The molecule has 172 valence electrons. The van der Waals surface area contributed by atoms with Crippen molar-refractivity contribution in [1.82, 2.24) is 20.0 Å².